The number of nitrogens with one attached hydrogen (secondary N) is 3. The average molecular weight is 1000 g/mol. The zero-order valence-electron chi connectivity index (χ0n) is 35.6. The average Bonchev–Trinajstić information content (AvgIpc) is 3.75. The summed E-state index contributed by atoms with van der Waals surface area (Å²) >= 11 is 2.97. The molecule has 65 heavy (non-hydrogen) atoms. The van der Waals surface area contributed by atoms with Gasteiger partial charge in [-0.1, -0.05) is 41.1 Å². The molecular formula is C43H53BrF2N3O15P. The molecule has 22 heteroatoms. The summed E-state index contributed by atoms with van der Waals surface area (Å²) in [5.41, 5.74) is -7.24. The molecule has 0 unspecified atom stereocenters. The highest BCUT2D eigenvalue weighted by Gasteiger charge is 2.80. The van der Waals surface area contributed by atoms with Crippen LogP contribution in [0.2, 0.25) is 0 Å². The van der Waals surface area contributed by atoms with Gasteiger partial charge in [-0.2, -0.15) is 0 Å². The summed E-state index contributed by atoms with van der Waals surface area (Å²) < 4.78 is 69.6. The van der Waals surface area contributed by atoms with E-state index in [-0.39, 0.29) is 55.3 Å². The van der Waals surface area contributed by atoms with Crippen LogP contribution in [0.3, 0.4) is 0 Å². The molecule has 1 saturated heterocycles. The number of hydrogen-bond donors (Lipinski definition) is 7. The molecule has 1 aliphatic heterocycles. The minimum atomic E-state index is -5.16. The Balaban J connectivity index is 1.01. The predicted octanol–water partition coefficient (Wildman–Crippen LogP) is 3.11. The highest BCUT2D eigenvalue weighted by molar-refractivity contribution is 9.09. The molecule has 18 nitrogen and oxygen atoms in total. The summed E-state index contributed by atoms with van der Waals surface area (Å²) in [5.74, 6) is -5.71. The van der Waals surface area contributed by atoms with Crippen molar-refractivity contribution in [3.8, 4) is 5.75 Å². The van der Waals surface area contributed by atoms with Gasteiger partial charge in [0.25, 0.3) is 0 Å². The lowest BCUT2D eigenvalue weighted by Gasteiger charge is -2.63. The van der Waals surface area contributed by atoms with Gasteiger partial charge in [0.05, 0.1) is 30.2 Å². The van der Waals surface area contributed by atoms with Crippen LogP contribution in [-0.2, 0) is 47.3 Å². The van der Waals surface area contributed by atoms with Crippen LogP contribution in [0.1, 0.15) is 83.5 Å². The Labute approximate surface area is 381 Å². The number of Topliss-reactive ketones (excluding diaryl/α,β-unsaturated/α-hetero) is 1. The Morgan fingerprint density at radius 2 is 1.72 bits per heavy atom. The van der Waals surface area contributed by atoms with Gasteiger partial charge >= 0.3 is 13.8 Å². The summed E-state index contributed by atoms with van der Waals surface area (Å²) in [6.45, 7) is 1.58. The van der Waals surface area contributed by atoms with Crippen molar-refractivity contribution in [2.24, 2.45) is 22.7 Å². The van der Waals surface area contributed by atoms with Crippen LogP contribution in [0, 0.1) is 22.7 Å². The number of hydrogen-bond acceptors (Lipinski definition) is 12. The number of phosphoric ester groups is 1. The molecule has 5 fully saturated rings. The number of carbonyl (C=O) groups is 6. The van der Waals surface area contributed by atoms with Crippen molar-refractivity contribution < 1.29 is 80.8 Å². The van der Waals surface area contributed by atoms with Crippen molar-refractivity contribution in [3.63, 3.8) is 0 Å². The number of carbonyl (C=O) groups excluding carboxylic acids is 5. The van der Waals surface area contributed by atoms with Crippen molar-refractivity contribution >= 4 is 59.0 Å². The van der Waals surface area contributed by atoms with Crippen LogP contribution < -0.4 is 20.7 Å². The lowest BCUT2D eigenvalue weighted by Crippen LogP contribution is -2.70. The highest BCUT2D eigenvalue weighted by Crippen LogP contribution is 2.72. The van der Waals surface area contributed by atoms with Crippen molar-refractivity contribution in [3.05, 3.63) is 53.6 Å². The van der Waals surface area contributed by atoms with Gasteiger partial charge in [-0.3, -0.25) is 33.3 Å². The second kappa shape index (κ2) is 18.6. The van der Waals surface area contributed by atoms with E-state index in [1.165, 1.54) is 13.0 Å². The number of benzene rings is 1. The summed E-state index contributed by atoms with van der Waals surface area (Å²) in [6.07, 6.45) is -1.80. The smallest absolute Gasteiger partial charge is 0.470 e. The number of fused-ring (bicyclic) bond motifs is 7. The minimum Gasteiger partial charge on any atom is -0.490 e. The number of aliphatic hydroxyl groups is 1. The Kier molecular flexibility index (Phi) is 14.0. The topological polar surface area (TPSA) is 273 Å². The molecule has 0 bridgehead atoms. The third-order valence-corrected chi connectivity index (χ3v) is 15.5. The quantitative estimate of drug-likeness (QED) is 0.0926. The number of phosphoric acid groups is 1. The normalized spacial score (nSPS) is 36.5. The second-order valence-corrected chi connectivity index (χ2v) is 20.0. The van der Waals surface area contributed by atoms with Crippen molar-refractivity contribution in [2.75, 3.05) is 18.5 Å². The fourth-order valence-electron chi connectivity index (χ4n) is 11.4. The predicted molar refractivity (Wildman–Crippen MR) is 225 cm³/mol. The van der Waals surface area contributed by atoms with Crippen molar-refractivity contribution in [1.29, 1.82) is 0 Å². The lowest BCUT2D eigenvalue weighted by atomic mass is 9.44. The summed E-state index contributed by atoms with van der Waals surface area (Å²) in [6, 6.07) is 5.21. The molecule has 7 N–H and O–H groups in total. The largest absolute Gasteiger partial charge is 0.490 e. The first-order valence-electron chi connectivity index (χ1n) is 21.5. The molecule has 5 aliphatic carbocycles. The second-order valence-electron chi connectivity index (χ2n) is 18.2. The van der Waals surface area contributed by atoms with E-state index in [1.807, 2.05) is 0 Å². The summed E-state index contributed by atoms with van der Waals surface area (Å²) in [5, 5.41) is 28.7. The molecule has 0 spiro atoms. The number of aliphatic hydroxyl groups excluding tert-OH is 1. The van der Waals surface area contributed by atoms with E-state index < -0.39 is 121 Å². The zero-order valence-corrected chi connectivity index (χ0v) is 38.1. The number of aliphatic carboxylic acids is 1. The lowest BCUT2D eigenvalue weighted by molar-refractivity contribution is -0.235. The summed E-state index contributed by atoms with van der Waals surface area (Å²) in [4.78, 5) is 93.9. The van der Waals surface area contributed by atoms with E-state index in [9.17, 15) is 48.2 Å². The first-order chi connectivity index (χ1) is 30.5. The van der Waals surface area contributed by atoms with E-state index >= 15 is 8.78 Å². The molecule has 1 aromatic carbocycles. The van der Waals surface area contributed by atoms with Crippen LogP contribution in [0.25, 0.3) is 0 Å². The Morgan fingerprint density at radius 1 is 1.03 bits per heavy atom. The van der Waals surface area contributed by atoms with Gasteiger partial charge in [-0.05, 0) is 94.1 Å². The molecule has 4 saturated carbocycles. The van der Waals surface area contributed by atoms with Gasteiger partial charge in [0, 0.05) is 34.8 Å². The first-order valence-corrected chi connectivity index (χ1v) is 24.1. The maximum Gasteiger partial charge on any atom is 0.470 e. The van der Waals surface area contributed by atoms with Crippen molar-refractivity contribution in [1.82, 2.24) is 16.0 Å². The molecule has 1 heterocycles. The Hall–Kier alpha value is -3.95. The number of ketones is 2. The first kappa shape index (κ1) is 49.0. The molecule has 3 amide bonds. The van der Waals surface area contributed by atoms with Crippen LogP contribution in [-0.4, -0.2) is 122 Å². The van der Waals surface area contributed by atoms with E-state index in [0.29, 0.717) is 37.0 Å². The molecule has 6 aliphatic rings. The van der Waals surface area contributed by atoms with Crippen LogP contribution >= 0.6 is 23.8 Å². The number of carboxylic acid groups (broad SMARTS) is 1. The molecule has 1 aromatic rings. The number of allylic oxidation sites excluding steroid dienone is 4. The van der Waals surface area contributed by atoms with Gasteiger partial charge in [0.1, 0.15) is 24.6 Å². The monoisotopic (exact) mass is 999 g/mol. The van der Waals surface area contributed by atoms with Crippen LogP contribution in [0.15, 0.2) is 48.1 Å². The molecule has 356 valence electrons. The Morgan fingerprint density at radius 3 is 2.37 bits per heavy atom. The number of amides is 3. The standard InChI is InChI=1S/C43H53BrF2N3O15P/c1-40-14-13-24(50)15-29(40)30(45)16-28-27-17-34-43(33(52)21-61-65(58,59)60,41(27,2)18-32(51)42(28,40)46)64-39(63-34)22-3-7-25(8-4-22)62-26-9-5-23(6-10-26)48-38(57)31(11-12-37(55)56)49-36(54)20-47-35(53)19-44/h3-4,7-8,13-15,23,26-28,30-32,34,39,51H,5-6,9-12,16-21H2,1-2H3,(H,47,53)(H,48,57)(H,49,54)(H,55,56)(H2,58,59,60)/t23?,26?,27-,28-,30-,31-,32-,34+,39+,40-,41-,42-,43+/m0/s1. The van der Waals surface area contributed by atoms with E-state index in [1.54, 1.807) is 31.2 Å². The molecular weight excluding hydrogens is 947 g/mol. The molecule has 11 atom stereocenters. The molecule has 0 aromatic heterocycles. The number of rotatable bonds is 16. The highest BCUT2D eigenvalue weighted by atomic mass is 79.9. The Bertz CT molecular complexity index is 2190. The van der Waals surface area contributed by atoms with Gasteiger partial charge in [-0.25, -0.2) is 13.3 Å². The number of halogens is 3. The third kappa shape index (κ3) is 9.23. The van der Waals surface area contributed by atoms with E-state index in [4.69, 9.17) is 19.3 Å². The number of alkyl halides is 3. The fraction of sp³-hybridized carbons (Fsp3) is 0.628. The number of carboxylic acids is 1. The third-order valence-electron chi connectivity index (χ3n) is 14.5. The van der Waals surface area contributed by atoms with Gasteiger partial charge in [0.15, 0.2) is 29.1 Å². The maximum atomic E-state index is 17.8. The molecule has 0 radical (unpaired) electrons. The van der Waals surface area contributed by atoms with Crippen LogP contribution in [0.5, 0.6) is 5.75 Å². The maximum absolute atomic E-state index is 17.8. The van der Waals surface area contributed by atoms with E-state index in [2.05, 4.69) is 36.4 Å². The molecule has 7 rings (SSSR count). The van der Waals surface area contributed by atoms with Crippen molar-refractivity contribution in [2.45, 2.75) is 126 Å². The van der Waals surface area contributed by atoms with Gasteiger partial charge < -0.3 is 50.2 Å². The number of ether oxygens (including phenoxy) is 3. The SMILES string of the molecule is C[C@]12C=CC(=O)C=C1[C@@H](F)C[C@H]1[C@@H]3C[C@H]4O[C@@H](c5ccc(OC6CCC(NC(=O)[C@H](CCC(=O)O)NC(=O)CNC(=O)CBr)CC6)cc5)O[C@@]4(C(=O)COP(=O)(O)O)[C@@]3(C)C[C@H](O)[C@@]12F. The zero-order chi connectivity index (χ0) is 47.3. The van der Waals surface area contributed by atoms with Gasteiger partial charge in [-0.15, -0.1) is 0 Å². The van der Waals surface area contributed by atoms with Crippen LogP contribution in [0.4, 0.5) is 8.78 Å². The fourth-order valence-corrected chi connectivity index (χ4v) is 11.9. The minimum absolute atomic E-state index is 0.0201. The van der Waals surface area contributed by atoms with E-state index in [0.717, 1.165) is 12.2 Å². The summed E-state index contributed by atoms with van der Waals surface area (Å²) in [7, 11) is -5.16. The van der Waals surface area contributed by atoms with Gasteiger partial charge in [0.2, 0.25) is 17.7 Å².